The summed E-state index contributed by atoms with van der Waals surface area (Å²) in [5.74, 6) is 0.766. The van der Waals surface area contributed by atoms with Gasteiger partial charge in [-0.1, -0.05) is 36.7 Å². The predicted octanol–water partition coefficient (Wildman–Crippen LogP) is 3.26. The van der Waals surface area contributed by atoms with E-state index in [1.807, 2.05) is 32.0 Å². The van der Waals surface area contributed by atoms with Gasteiger partial charge in [0.15, 0.2) is 0 Å². The third kappa shape index (κ3) is 4.57. The molecule has 0 aromatic heterocycles. The van der Waals surface area contributed by atoms with Crippen LogP contribution in [0.15, 0.2) is 24.3 Å². The van der Waals surface area contributed by atoms with Gasteiger partial charge in [0.25, 0.3) is 0 Å². The Morgan fingerprint density at radius 1 is 1.35 bits per heavy atom. The summed E-state index contributed by atoms with van der Waals surface area (Å²) in [4.78, 5) is 11.8. The molecule has 2 nitrogen and oxygen atoms in total. The van der Waals surface area contributed by atoms with E-state index in [-0.39, 0.29) is 17.9 Å². The smallest absolute Gasteiger partial charge is 0.224 e. The van der Waals surface area contributed by atoms with Gasteiger partial charge in [-0.05, 0) is 24.5 Å². The zero-order valence-electron chi connectivity index (χ0n) is 10.0. The second kappa shape index (κ2) is 6.87. The fourth-order valence-corrected chi connectivity index (χ4v) is 1.87. The maximum absolute atomic E-state index is 11.8. The van der Waals surface area contributed by atoms with Gasteiger partial charge in [0.1, 0.15) is 0 Å². The Morgan fingerprint density at radius 3 is 2.59 bits per heavy atom. The summed E-state index contributed by atoms with van der Waals surface area (Å²) < 4.78 is 0. The Hall–Kier alpha value is -0.730. The molecule has 1 aromatic carbocycles. The Morgan fingerprint density at radius 2 is 2.00 bits per heavy atom. The number of rotatable bonds is 5. The number of benzene rings is 1. The summed E-state index contributed by atoms with van der Waals surface area (Å²) in [6.07, 6.45) is 0.305. The normalized spacial score (nSPS) is 14.1. The van der Waals surface area contributed by atoms with E-state index in [0.29, 0.717) is 17.3 Å². The lowest BCUT2D eigenvalue weighted by Gasteiger charge is -2.19. The average molecular weight is 274 g/mol. The Labute approximate surface area is 112 Å². The minimum absolute atomic E-state index is 0.0254. The Bertz CT molecular complexity index is 381. The molecule has 4 heteroatoms. The van der Waals surface area contributed by atoms with Crippen molar-refractivity contribution in [3.05, 3.63) is 34.9 Å². The molecule has 17 heavy (non-hydrogen) atoms. The van der Waals surface area contributed by atoms with Gasteiger partial charge in [0.05, 0.1) is 6.42 Å². The van der Waals surface area contributed by atoms with Crippen LogP contribution in [0.1, 0.15) is 19.4 Å². The van der Waals surface area contributed by atoms with Crippen LogP contribution in [0.4, 0.5) is 0 Å². The molecule has 1 amide bonds. The van der Waals surface area contributed by atoms with E-state index < -0.39 is 0 Å². The number of alkyl halides is 1. The van der Waals surface area contributed by atoms with Crippen LogP contribution in [-0.2, 0) is 11.2 Å². The first kappa shape index (κ1) is 14.3. The predicted molar refractivity (Wildman–Crippen MR) is 72.6 cm³/mol. The monoisotopic (exact) mass is 273 g/mol. The largest absolute Gasteiger partial charge is 0.353 e. The average Bonchev–Trinajstić information content (AvgIpc) is 2.31. The second-order valence-electron chi connectivity index (χ2n) is 4.26. The lowest BCUT2D eigenvalue weighted by atomic mass is 10.1. The zero-order chi connectivity index (χ0) is 12.8. The van der Waals surface area contributed by atoms with Crippen LogP contribution in [0.2, 0.25) is 5.02 Å². The number of nitrogens with one attached hydrogen (secondary N) is 1. The molecular weight excluding hydrogens is 257 g/mol. The van der Waals surface area contributed by atoms with Crippen molar-refractivity contribution >= 4 is 29.1 Å². The summed E-state index contributed by atoms with van der Waals surface area (Å²) in [7, 11) is 0. The lowest BCUT2D eigenvalue weighted by molar-refractivity contribution is -0.121. The first-order valence-electron chi connectivity index (χ1n) is 5.63. The van der Waals surface area contributed by atoms with Crippen LogP contribution in [0.25, 0.3) is 0 Å². The molecule has 0 radical (unpaired) electrons. The number of carbonyl (C=O) groups is 1. The van der Waals surface area contributed by atoms with E-state index >= 15 is 0 Å². The molecule has 0 fully saturated rings. The van der Waals surface area contributed by atoms with Gasteiger partial charge in [-0.2, -0.15) is 0 Å². The molecule has 0 aliphatic rings. The fourth-order valence-electron chi connectivity index (χ4n) is 1.40. The molecule has 1 aromatic rings. The van der Waals surface area contributed by atoms with Gasteiger partial charge >= 0.3 is 0 Å². The maximum atomic E-state index is 11.8. The first-order valence-corrected chi connectivity index (χ1v) is 6.54. The van der Waals surface area contributed by atoms with Crippen molar-refractivity contribution in [2.24, 2.45) is 5.92 Å². The highest BCUT2D eigenvalue weighted by atomic mass is 35.5. The van der Waals surface area contributed by atoms with E-state index in [2.05, 4.69) is 5.32 Å². The molecule has 0 saturated heterocycles. The standard InChI is InChI=1S/C13H17Cl2NO/c1-9(8-14)10(2)16-13(17)7-11-5-3-4-6-12(11)15/h3-6,9-10H,7-8H2,1-2H3,(H,16,17). The van der Waals surface area contributed by atoms with Crippen LogP contribution >= 0.6 is 23.2 Å². The number of amides is 1. The number of carbonyl (C=O) groups excluding carboxylic acids is 1. The van der Waals surface area contributed by atoms with Crippen molar-refractivity contribution in [1.82, 2.24) is 5.32 Å². The van der Waals surface area contributed by atoms with Crippen molar-refractivity contribution in [3.8, 4) is 0 Å². The van der Waals surface area contributed by atoms with E-state index in [1.165, 1.54) is 0 Å². The molecule has 1 N–H and O–H groups in total. The molecule has 0 bridgehead atoms. The highest BCUT2D eigenvalue weighted by Gasteiger charge is 2.14. The van der Waals surface area contributed by atoms with Gasteiger partial charge in [0, 0.05) is 16.9 Å². The SMILES string of the molecule is CC(CCl)C(C)NC(=O)Cc1ccccc1Cl. The van der Waals surface area contributed by atoms with Crippen molar-refractivity contribution < 1.29 is 4.79 Å². The Kier molecular flexibility index (Phi) is 5.79. The lowest BCUT2D eigenvalue weighted by Crippen LogP contribution is -2.38. The van der Waals surface area contributed by atoms with Gasteiger partial charge in [-0.3, -0.25) is 4.79 Å². The molecule has 2 unspecified atom stereocenters. The van der Waals surface area contributed by atoms with Crippen LogP contribution in [0, 0.1) is 5.92 Å². The molecule has 94 valence electrons. The van der Waals surface area contributed by atoms with E-state index in [4.69, 9.17) is 23.2 Å². The van der Waals surface area contributed by atoms with Crippen LogP contribution in [-0.4, -0.2) is 17.8 Å². The summed E-state index contributed by atoms with van der Waals surface area (Å²) in [6, 6.07) is 7.44. The minimum Gasteiger partial charge on any atom is -0.353 e. The molecular formula is C13H17Cl2NO. The van der Waals surface area contributed by atoms with Gasteiger partial charge in [0.2, 0.25) is 5.91 Å². The first-order chi connectivity index (χ1) is 8.04. The third-order valence-electron chi connectivity index (χ3n) is 2.79. The maximum Gasteiger partial charge on any atom is 0.224 e. The number of hydrogen-bond donors (Lipinski definition) is 1. The summed E-state index contributed by atoms with van der Waals surface area (Å²) in [6.45, 7) is 3.96. The van der Waals surface area contributed by atoms with E-state index in [1.54, 1.807) is 6.07 Å². The molecule has 0 spiro atoms. The highest BCUT2D eigenvalue weighted by molar-refractivity contribution is 6.31. The molecule has 0 heterocycles. The molecule has 2 atom stereocenters. The summed E-state index contributed by atoms with van der Waals surface area (Å²) >= 11 is 11.7. The highest BCUT2D eigenvalue weighted by Crippen LogP contribution is 2.15. The summed E-state index contributed by atoms with van der Waals surface area (Å²) in [5, 5.41) is 3.55. The molecule has 1 rings (SSSR count). The Balaban J connectivity index is 2.53. The molecule has 0 aliphatic heterocycles. The van der Waals surface area contributed by atoms with Crippen molar-refractivity contribution in [3.63, 3.8) is 0 Å². The van der Waals surface area contributed by atoms with Gasteiger partial charge < -0.3 is 5.32 Å². The van der Waals surface area contributed by atoms with E-state index in [9.17, 15) is 4.79 Å². The van der Waals surface area contributed by atoms with Crippen molar-refractivity contribution in [2.75, 3.05) is 5.88 Å². The van der Waals surface area contributed by atoms with Crippen molar-refractivity contribution in [2.45, 2.75) is 26.3 Å². The quantitative estimate of drug-likeness (QED) is 0.820. The van der Waals surface area contributed by atoms with Crippen LogP contribution in [0.5, 0.6) is 0 Å². The van der Waals surface area contributed by atoms with Crippen LogP contribution < -0.4 is 5.32 Å². The van der Waals surface area contributed by atoms with Crippen molar-refractivity contribution in [1.29, 1.82) is 0 Å². The van der Waals surface area contributed by atoms with Gasteiger partial charge in [-0.25, -0.2) is 0 Å². The van der Waals surface area contributed by atoms with Gasteiger partial charge in [-0.15, -0.1) is 11.6 Å². The zero-order valence-corrected chi connectivity index (χ0v) is 11.6. The number of hydrogen-bond acceptors (Lipinski definition) is 1. The molecule has 0 aliphatic carbocycles. The van der Waals surface area contributed by atoms with E-state index in [0.717, 1.165) is 5.56 Å². The second-order valence-corrected chi connectivity index (χ2v) is 4.97. The van der Waals surface area contributed by atoms with Crippen LogP contribution in [0.3, 0.4) is 0 Å². The third-order valence-corrected chi connectivity index (χ3v) is 3.65. The number of halogens is 2. The summed E-state index contributed by atoms with van der Waals surface area (Å²) in [5.41, 5.74) is 0.845. The minimum atomic E-state index is -0.0254. The topological polar surface area (TPSA) is 29.1 Å². The fraction of sp³-hybridized carbons (Fsp3) is 0.462. The molecule has 0 saturated carbocycles.